The Labute approximate surface area is 162 Å². The molecule has 0 saturated heterocycles. The first-order valence-corrected chi connectivity index (χ1v) is 9.57. The SMILES string of the molecule is CSc1ccccc1C(=O)OCC(=O)NCC(=O)Nc1c(C)cccc1C. The topological polar surface area (TPSA) is 84.5 Å². The minimum absolute atomic E-state index is 0.203. The minimum atomic E-state index is -0.574. The van der Waals surface area contributed by atoms with Crippen LogP contribution in [-0.4, -0.2) is 37.2 Å². The Hall–Kier alpha value is -2.80. The van der Waals surface area contributed by atoms with Crippen LogP contribution in [-0.2, 0) is 14.3 Å². The van der Waals surface area contributed by atoms with Gasteiger partial charge in [-0.1, -0.05) is 30.3 Å². The molecule has 0 aliphatic carbocycles. The summed E-state index contributed by atoms with van der Waals surface area (Å²) in [6.45, 7) is 3.14. The van der Waals surface area contributed by atoms with Crippen LogP contribution in [0.25, 0.3) is 0 Å². The van der Waals surface area contributed by atoms with Gasteiger partial charge in [-0.05, 0) is 43.4 Å². The number of benzene rings is 2. The van der Waals surface area contributed by atoms with Crippen LogP contribution in [0.3, 0.4) is 0 Å². The molecule has 7 heteroatoms. The van der Waals surface area contributed by atoms with Crippen LogP contribution < -0.4 is 10.6 Å². The molecular weight excluding hydrogens is 364 g/mol. The number of hydrogen-bond acceptors (Lipinski definition) is 5. The highest BCUT2D eigenvalue weighted by atomic mass is 32.2. The fourth-order valence-electron chi connectivity index (χ4n) is 2.45. The normalized spacial score (nSPS) is 10.2. The zero-order valence-corrected chi connectivity index (χ0v) is 16.3. The molecule has 0 bridgehead atoms. The molecule has 2 rings (SSSR count). The highest BCUT2D eigenvalue weighted by Crippen LogP contribution is 2.20. The van der Waals surface area contributed by atoms with Crippen LogP contribution in [0.15, 0.2) is 47.4 Å². The van der Waals surface area contributed by atoms with Crippen LogP contribution in [0.5, 0.6) is 0 Å². The second kappa shape index (κ2) is 9.78. The van der Waals surface area contributed by atoms with Gasteiger partial charge in [0.15, 0.2) is 6.61 Å². The Morgan fingerprint density at radius 3 is 2.30 bits per heavy atom. The molecule has 0 fully saturated rings. The van der Waals surface area contributed by atoms with Crippen LogP contribution in [0.2, 0.25) is 0 Å². The van der Waals surface area contributed by atoms with Gasteiger partial charge in [-0.25, -0.2) is 4.79 Å². The maximum Gasteiger partial charge on any atom is 0.339 e. The Morgan fingerprint density at radius 1 is 0.963 bits per heavy atom. The van der Waals surface area contributed by atoms with Crippen molar-refractivity contribution < 1.29 is 19.1 Å². The van der Waals surface area contributed by atoms with Crippen molar-refractivity contribution in [2.75, 3.05) is 24.7 Å². The second-order valence-electron chi connectivity index (χ2n) is 5.87. The van der Waals surface area contributed by atoms with Gasteiger partial charge < -0.3 is 15.4 Å². The molecule has 0 unspecified atom stereocenters. The van der Waals surface area contributed by atoms with Gasteiger partial charge in [-0.15, -0.1) is 11.8 Å². The fraction of sp³-hybridized carbons (Fsp3) is 0.250. The molecule has 0 aliphatic rings. The van der Waals surface area contributed by atoms with E-state index in [9.17, 15) is 14.4 Å². The molecule has 0 spiro atoms. The molecule has 142 valence electrons. The number of anilines is 1. The van der Waals surface area contributed by atoms with Crippen molar-refractivity contribution in [3.8, 4) is 0 Å². The van der Waals surface area contributed by atoms with E-state index in [1.165, 1.54) is 11.8 Å². The van der Waals surface area contributed by atoms with Gasteiger partial charge in [0.1, 0.15) is 0 Å². The highest BCUT2D eigenvalue weighted by Gasteiger charge is 2.14. The van der Waals surface area contributed by atoms with Crippen molar-refractivity contribution in [2.24, 2.45) is 0 Å². The number of aryl methyl sites for hydroxylation is 2. The Balaban J connectivity index is 1.80. The van der Waals surface area contributed by atoms with Crippen LogP contribution in [0.1, 0.15) is 21.5 Å². The van der Waals surface area contributed by atoms with E-state index >= 15 is 0 Å². The van der Waals surface area contributed by atoms with Crippen LogP contribution in [0.4, 0.5) is 5.69 Å². The Bertz CT molecular complexity index is 831. The summed E-state index contributed by atoms with van der Waals surface area (Å²) in [5.74, 6) is -1.46. The monoisotopic (exact) mass is 386 g/mol. The summed E-state index contributed by atoms with van der Waals surface area (Å²) in [4.78, 5) is 36.7. The lowest BCUT2D eigenvalue weighted by Gasteiger charge is -2.12. The van der Waals surface area contributed by atoms with E-state index in [4.69, 9.17) is 4.74 Å². The second-order valence-corrected chi connectivity index (χ2v) is 6.72. The maximum absolute atomic E-state index is 12.1. The van der Waals surface area contributed by atoms with Gasteiger partial charge in [-0.2, -0.15) is 0 Å². The molecule has 0 saturated carbocycles. The largest absolute Gasteiger partial charge is 0.452 e. The first kappa shape index (κ1) is 20.5. The lowest BCUT2D eigenvalue weighted by molar-refractivity contribution is -0.126. The number of hydrogen-bond donors (Lipinski definition) is 2. The summed E-state index contributed by atoms with van der Waals surface area (Å²) in [6.07, 6.45) is 1.85. The van der Waals surface area contributed by atoms with E-state index in [1.54, 1.807) is 18.2 Å². The van der Waals surface area contributed by atoms with Crippen molar-refractivity contribution in [3.63, 3.8) is 0 Å². The predicted octanol–water partition coefficient (Wildman–Crippen LogP) is 2.94. The Kier molecular flexibility index (Phi) is 7.43. The summed E-state index contributed by atoms with van der Waals surface area (Å²) in [5, 5.41) is 5.22. The van der Waals surface area contributed by atoms with E-state index in [2.05, 4.69) is 10.6 Å². The first-order valence-electron chi connectivity index (χ1n) is 8.35. The number of para-hydroxylation sites is 1. The number of carbonyl (C=O) groups is 3. The predicted molar refractivity (Wildman–Crippen MR) is 106 cm³/mol. The minimum Gasteiger partial charge on any atom is -0.452 e. The molecule has 2 N–H and O–H groups in total. The number of esters is 1. The van der Waals surface area contributed by atoms with Crippen molar-refractivity contribution in [1.82, 2.24) is 5.32 Å². The average molecular weight is 386 g/mol. The molecule has 27 heavy (non-hydrogen) atoms. The van der Waals surface area contributed by atoms with E-state index in [0.29, 0.717) is 5.56 Å². The maximum atomic E-state index is 12.1. The number of rotatable bonds is 7. The zero-order chi connectivity index (χ0) is 19.8. The van der Waals surface area contributed by atoms with Crippen molar-refractivity contribution in [2.45, 2.75) is 18.7 Å². The van der Waals surface area contributed by atoms with Gasteiger partial charge in [0.25, 0.3) is 5.91 Å². The molecule has 0 radical (unpaired) electrons. The molecule has 2 amide bonds. The lowest BCUT2D eigenvalue weighted by atomic mass is 10.1. The smallest absolute Gasteiger partial charge is 0.339 e. The van der Waals surface area contributed by atoms with Crippen LogP contribution >= 0.6 is 11.8 Å². The van der Waals surface area contributed by atoms with E-state index in [0.717, 1.165) is 21.7 Å². The van der Waals surface area contributed by atoms with E-state index in [-0.39, 0.29) is 12.5 Å². The lowest BCUT2D eigenvalue weighted by Crippen LogP contribution is -2.35. The number of thioether (sulfide) groups is 1. The standard InChI is InChI=1S/C20H22N2O4S/c1-13-7-6-8-14(2)19(13)22-17(23)11-21-18(24)12-26-20(25)15-9-4-5-10-16(15)27-3/h4-10H,11-12H2,1-3H3,(H,21,24)(H,22,23). The zero-order valence-electron chi connectivity index (χ0n) is 15.5. The van der Waals surface area contributed by atoms with Crippen molar-refractivity contribution >= 4 is 35.2 Å². The van der Waals surface area contributed by atoms with Gasteiger partial charge >= 0.3 is 5.97 Å². The number of ether oxygens (including phenoxy) is 1. The van der Waals surface area contributed by atoms with Crippen molar-refractivity contribution in [1.29, 1.82) is 0 Å². The molecule has 0 aromatic heterocycles. The average Bonchev–Trinajstić information content (AvgIpc) is 2.67. The van der Waals surface area contributed by atoms with Gasteiger partial charge in [-0.3, -0.25) is 9.59 Å². The summed E-state index contributed by atoms with van der Waals surface area (Å²) < 4.78 is 5.03. The molecule has 0 atom stereocenters. The summed E-state index contributed by atoms with van der Waals surface area (Å²) in [6, 6.07) is 12.7. The molecule has 0 aliphatic heterocycles. The third kappa shape index (κ3) is 5.86. The fourth-order valence-corrected chi connectivity index (χ4v) is 3.03. The van der Waals surface area contributed by atoms with Gasteiger partial charge in [0.2, 0.25) is 5.91 Å². The summed E-state index contributed by atoms with van der Waals surface area (Å²) in [7, 11) is 0. The quantitative estimate of drug-likeness (QED) is 0.565. The van der Waals surface area contributed by atoms with E-state index < -0.39 is 18.5 Å². The number of amides is 2. The van der Waals surface area contributed by atoms with Crippen LogP contribution in [0, 0.1) is 13.8 Å². The van der Waals surface area contributed by atoms with E-state index in [1.807, 2.05) is 44.4 Å². The highest BCUT2D eigenvalue weighted by molar-refractivity contribution is 7.98. The third-order valence-electron chi connectivity index (χ3n) is 3.85. The van der Waals surface area contributed by atoms with Crippen molar-refractivity contribution in [3.05, 3.63) is 59.2 Å². The summed E-state index contributed by atoms with van der Waals surface area (Å²) in [5.41, 5.74) is 3.02. The first-order chi connectivity index (χ1) is 12.9. The van der Waals surface area contributed by atoms with Gasteiger partial charge in [0, 0.05) is 10.6 Å². The molecule has 6 nitrogen and oxygen atoms in total. The molecule has 2 aromatic rings. The molecule has 0 heterocycles. The Morgan fingerprint density at radius 2 is 1.63 bits per heavy atom. The molecule has 2 aromatic carbocycles. The third-order valence-corrected chi connectivity index (χ3v) is 4.65. The number of carbonyl (C=O) groups excluding carboxylic acids is 3. The molecular formula is C20H22N2O4S. The summed E-state index contributed by atoms with van der Waals surface area (Å²) >= 11 is 1.42. The number of nitrogens with one attached hydrogen (secondary N) is 2. The van der Waals surface area contributed by atoms with Gasteiger partial charge in [0.05, 0.1) is 12.1 Å².